The second-order valence-electron chi connectivity index (χ2n) is 8.73. The summed E-state index contributed by atoms with van der Waals surface area (Å²) in [6.07, 6.45) is 4.09. The topological polar surface area (TPSA) is 58.2 Å². The van der Waals surface area contributed by atoms with Crippen molar-refractivity contribution in [1.82, 2.24) is 10.6 Å². The Balaban J connectivity index is 1.92. The maximum Gasteiger partial charge on any atom is 0.243 e. The number of amides is 2. The molecular weight excluding hydrogens is 336 g/mol. The van der Waals surface area contributed by atoms with Crippen LogP contribution >= 0.6 is 0 Å². The average Bonchev–Trinajstić information content (AvgIpc) is 2.66. The van der Waals surface area contributed by atoms with E-state index in [0.29, 0.717) is 5.92 Å². The Hall–Kier alpha value is -1.84. The van der Waals surface area contributed by atoms with Crippen LogP contribution in [-0.4, -0.2) is 17.9 Å². The molecule has 1 aromatic carbocycles. The molecule has 1 aliphatic carbocycles. The van der Waals surface area contributed by atoms with Crippen molar-refractivity contribution in [3.8, 4) is 0 Å². The third-order valence-corrected chi connectivity index (χ3v) is 5.99. The fourth-order valence-corrected chi connectivity index (χ4v) is 3.98. The number of nitrogens with one attached hydrogen (secondary N) is 2. The monoisotopic (exact) mass is 372 g/mol. The van der Waals surface area contributed by atoms with Crippen LogP contribution in [0, 0.1) is 23.7 Å². The van der Waals surface area contributed by atoms with Crippen LogP contribution in [0.15, 0.2) is 30.3 Å². The van der Waals surface area contributed by atoms with E-state index in [1.807, 2.05) is 51.1 Å². The summed E-state index contributed by atoms with van der Waals surface area (Å²) in [5.74, 6) is 1.43. The van der Waals surface area contributed by atoms with Gasteiger partial charge in [-0.25, -0.2) is 0 Å². The first-order valence-electron chi connectivity index (χ1n) is 10.4. The van der Waals surface area contributed by atoms with Crippen LogP contribution in [0.5, 0.6) is 0 Å². The molecule has 4 heteroatoms. The summed E-state index contributed by atoms with van der Waals surface area (Å²) in [6.45, 7) is 10.5. The summed E-state index contributed by atoms with van der Waals surface area (Å²) in [5, 5.41) is 6.09. The third kappa shape index (κ3) is 6.08. The molecule has 1 saturated carbocycles. The Kier molecular flexibility index (Phi) is 7.88. The average molecular weight is 373 g/mol. The summed E-state index contributed by atoms with van der Waals surface area (Å²) in [5.41, 5.74) is 1.06. The molecule has 27 heavy (non-hydrogen) atoms. The van der Waals surface area contributed by atoms with E-state index in [4.69, 9.17) is 0 Å². The number of benzene rings is 1. The van der Waals surface area contributed by atoms with Crippen molar-refractivity contribution in [1.29, 1.82) is 0 Å². The van der Waals surface area contributed by atoms with Crippen LogP contribution < -0.4 is 10.6 Å². The van der Waals surface area contributed by atoms with Crippen molar-refractivity contribution < 1.29 is 9.59 Å². The standard InChI is InChI=1S/C23H36N2O2/c1-15(2)18-11-13-20(14-12-18)22(26)25-21(16(3)4)23(27)24-17(5)19-9-7-6-8-10-19/h6-10,15-18,20-21H,11-14H2,1-5H3,(H,24,27)(H,25,26)/t17-,18?,20?,21-/m1/s1. The van der Waals surface area contributed by atoms with Gasteiger partial charge in [0, 0.05) is 5.92 Å². The summed E-state index contributed by atoms with van der Waals surface area (Å²) < 4.78 is 0. The lowest BCUT2D eigenvalue weighted by atomic mass is 9.76. The number of hydrogen-bond acceptors (Lipinski definition) is 2. The van der Waals surface area contributed by atoms with Crippen LogP contribution in [0.1, 0.15) is 71.9 Å². The van der Waals surface area contributed by atoms with Gasteiger partial charge in [-0.2, -0.15) is 0 Å². The minimum atomic E-state index is -0.494. The van der Waals surface area contributed by atoms with Crippen molar-refractivity contribution in [2.24, 2.45) is 23.7 Å². The van der Waals surface area contributed by atoms with Gasteiger partial charge in [0.1, 0.15) is 6.04 Å². The van der Waals surface area contributed by atoms with Gasteiger partial charge in [0.25, 0.3) is 0 Å². The molecule has 2 N–H and O–H groups in total. The fraction of sp³-hybridized carbons (Fsp3) is 0.652. The first-order valence-corrected chi connectivity index (χ1v) is 10.4. The lowest BCUT2D eigenvalue weighted by molar-refractivity contribution is -0.133. The van der Waals surface area contributed by atoms with E-state index in [1.165, 1.54) is 0 Å². The van der Waals surface area contributed by atoms with Crippen LogP contribution in [0.25, 0.3) is 0 Å². The highest BCUT2D eigenvalue weighted by Gasteiger charge is 2.31. The van der Waals surface area contributed by atoms with Gasteiger partial charge < -0.3 is 10.6 Å². The molecule has 4 nitrogen and oxygen atoms in total. The summed E-state index contributed by atoms with van der Waals surface area (Å²) in [7, 11) is 0. The first kappa shape index (κ1) is 21.5. The molecule has 1 fully saturated rings. The van der Waals surface area contributed by atoms with Crippen molar-refractivity contribution in [3.05, 3.63) is 35.9 Å². The minimum Gasteiger partial charge on any atom is -0.348 e. The summed E-state index contributed by atoms with van der Waals surface area (Å²) >= 11 is 0. The van der Waals surface area contributed by atoms with Crippen molar-refractivity contribution in [3.63, 3.8) is 0 Å². The van der Waals surface area contributed by atoms with Crippen molar-refractivity contribution in [2.45, 2.75) is 72.4 Å². The Bertz CT molecular complexity index is 604. The number of carbonyl (C=O) groups excluding carboxylic acids is 2. The predicted octanol–water partition coefficient (Wildman–Crippen LogP) is 4.47. The summed E-state index contributed by atoms with van der Waals surface area (Å²) in [6, 6.07) is 9.32. The SMILES string of the molecule is CC(C)C1CCC(C(=O)N[C@@H](C(=O)N[C@H](C)c2ccccc2)C(C)C)CC1. The fourth-order valence-electron chi connectivity index (χ4n) is 3.98. The lowest BCUT2D eigenvalue weighted by Gasteiger charge is -2.32. The second-order valence-corrected chi connectivity index (χ2v) is 8.73. The Morgan fingerprint density at radius 3 is 2.00 bits per heavy atom. The van der Waals surface area contributed by atoms with Gasteiger partial charge in [-0.05, 0) is 55.9 Å². The molecule has 0 unspecified atom stereocenters. The highest BCUT2D eigenvalue weighted by Crippen LogP contribution is 2.33. The summed E-state index contributed by atoms with van der Waals surface area (Å²) in [4.78, 5) is 25.6. The van der Waals surface area contributed by atoms with Gasteiger partial charge >= 0.3 is 0 Å². The van der Waals surface area contributed by atoms with E-state index in [-0.39, 0.29) is 29.7 Å². The normalized spacial score (nSPS) is 22.3. The molecule has 0 bridgehead atoms. The molecule has 2 atom stereocenters. The van der Waals surface area contributed by atoms with Gasteiger partial charge in [0.2, 0.25) is 11.8 Å². The van der Waals surface area contributed by atoms with Crippen molar-refractivity contribution >= 4 is 11.8 Å². The molecule has 0 spiro atoms. The van der Waals surface area contributed by atoms with Crippen LogP contribution in [0.4, 0.5) is 0 Å². The number of rotatable bonds is 7. The zero-order valence-corrected chi connectivity index (χ0v) is 17.5. The number of carbonyl (C=O) groups is 2. The molecule has 1 aromatic rings. The number of hydrogen-bond donors (Lipinski definition) is 2. The molecule has 0 saturated heterocycles. The third-order valence-electron chi connectivity index (χ3n) is 5.99. The van der Waals surface area contributed by atoms with Gasteiger partial charge in [-0.1, -0.05) is 58.0 Å². The minimum absolute atomic E-state index is 0.0402. The van der Waals surface area contributed by atoms with Crippen molar-refractivity contribution in [2.75, 3.05) is 0 Å². The van der Waals surface area contributed by atoms with Gasteiger partial charge in [-0.3, -0.25) is 9.59 Å². The molecule has 0 radical (unpaired) electrons. The molecule has 1 aliphatic rings. The Labute approximate surface area is 164 Å². The second kappa shape index (κ2) is 9.91. The Morgan fingerprint density at radius 2 is 1.48 bits per heavy atom. The molecule has 0 aromatic heterocycles. The highest BCUT2D eigenvalue weighted by molar-refractivity contribution is 5.88. The largest absolute Gasteiger partial charge is 0.348 e. The van der Waals surface area contributed by atoms with E-state index in [1.54, 1.807) is 0 Å². The van der Waals surface area contributed by atoms with Crippen LogP contribution in [0.3, 0.4) is 0 Å². The molecular formula is C23H36N2O2. The molecule has 2 rings (SSSR count). The first-order chi connectivity index (χ1) is 12.8. The highest BCUT2D eigenvalue weighted by atomic mass is 16.2. The van der Waals surface area contributed by atoms with Gasteiger partial charge in [0.15, 0.2) is 0 Å². The van der Waals surface area contributed by atoms with E-state index in [2.05, 4.69) is 24.5 Å². The van der Waals surface area contributed by atoms with Gasteiger partial charge in [0.05, 0.1) is 6.04 Å². The zero-order valence-electron chi connectivity index (χ0n) is 17.5. The molecule has 2 amide bonds. The van der Waals surface area contributed by atoms with E-state index >= 15 is 0 Å². The maximum atomic E-state index is 12.8. The zero-order chi connectivity index (χ0) is 20.0. The molecule has 0 aliphatic heterocycles. The quantitative estimate of drug-likeness (QED) is 0.742. The van der Waals surface area contributed by atoms with Crippen LogP contribution in [-0.2, 0) is 9.59 Å². The van der Waals surface area contributed by atoms with E-state index in [9.17, 15) is 9.59 Å². The predicted molar refractivity (Wildman–Crippen MR) is 110 cm³/mol. The van der Waals surface area contributed by atoms with E-state index in [0.717, 1.165) is 37.2 Å². The Morgan fingerprint density at radius 1 is 0.889 bits per heavy atom. The maximum absolute atomic E-state index is 12.8. The molecule has 0 heterocycles. The van der Waals surface area contributed by atoms with Crippen LogP contribution in [0.2, 0.25) is 0 Å². The lowest BCUT2D eigenvalue weighted by Crippen LogP contribution is -2.51. The van der Waals surface area contributed by atoms with Gasteiger partial charge in [-0.15, -0.1) is 0 Å². The smallest absolute Gasteiger partial charge is 0.243 e. The van der Waals surface area contributed by atoms with E-state index < -0.39 is 6.04 Å². The molecule has 150 valence electrons.